The predicted octanol–water partition coefficient (Wildman–Crippen LogP) is 3.61. The number of rotatable bonds is 5. The van der Waals surface area contributed by atoms with Crippen LogP contribution in [0.3, 0.4) is 0 Å². The molecule has 1 N–H and O–H groups in total. The van der Waals surface area contributed by atoms with Gasteiger partial charge in [0.1, 0.15) is 5.78 Å². The van der Waals surface area contributed by atoms with E-state index in [9.17, 15) is 14.7 Å². The van der Waals surface area contributed by atoms with Crippen LogP contribution in [0.2, 0.25) is 0 Å². The Kier molecular flexibility index (Phi) is 4.89. The Balaban J connectivity index is 1.64. The maximum Gasteiger partial charge on any atom is 0.163 e. The van der Waals surface area contributed by atoms with Crippen molar-refractivity contribution >= 4 is 11.6 Å². The lowest BCUT2D eigenvalue weighted by Gasteiger charge is -2.27. The molecule has 2 aromatic rings. The van der Waals surface area contributed by atoms with Crippen molar-refractivity contribution in [2.75, 3.05) is 6.61 Å². The molecule has 0 fully saturated rings. The van der Waals surface area contributed by atoms with Crippen LogP contribution in [0.5, 0.6) is 0 Å². The molecule has 0 saturated heterocycles. The van der Waals surface area contributed by atoms with E-state index in [2.05, 4.69) is 11.1 Å². The van der Waals surface area contributed by atoms with Gasteiger partial charge in [-0.15, -0.1) is 0 Å². The molecular formula is C23H25NO4. The monoisotopic (exact) mass is 379 g/mol. The Labute approximate surface area is 164 Å². The molecule has 0 bridgehead atoms. The van der Waals surface area contributed by atoms with Gasteiger partial charge in [0.05, 0.1) is 18.8 Å². The van der Waals surface area contributed by atoms with Crippen LogP contribution in [0.1, 0.15) is 66.1 Å². The first kappa shape index (κ1) is 19.0. The number of nitrogens with zero attached hydrogens (tertiary/aromatic N) is 1. The molecule has 0 spiro atoms. The summed E-state index contributed by atoms with van der Waals surface area (Å²) >= 11 is 0. The van der Waals surface area contributed by atoms with Gasteiger partial charge in [-0.1, -0.05) is 18.2 Å². The molecule has 146 valence electrons. The molecule has 4 rings (SSSR count). The number of pyridine rings is 1. The Hall–Kier alpha value is -2.37. The van der Waals surface area contributed by atoms with Crippen LogP contribution < -0.4 is 0 Å². The summed E-state index contributed by atoms with van der Waals surface area (Å²) in [7, 11) is 0. The van der Waals surface area contributed by atoms with E-state index in [-0.39, 0.29) is 23.9 Å². The highest BCUT2D eigenvalue weighted by molar-refractivity contribution is 6.01. The van der Waals surface area contributed by atoms with Crippen LogP contribution in [0.15, 0.2) is 30.6 Å². The molecule has 0 radical (unpaired) electrons. The first-order chi connectivity index (χ1) is 13.3. The molecule has 2 aliphatic rings. The number of Topliss-reactive ketones (excluding diaryl/α,β-unsaturated/α-hetero) is 2. The number of benzene rings is 1. The smallest absolute Gasteiger partial charge is 0.163 e. The van der Waals surface area contributed by atoms with E-state index in [0.717, 1.165) is 39.8 Å². The molecule has 0 saturated carbocycles. The molecule has 1 unspecified atom stereocenters. The minimum absolute atomic E-state index is 0.0235. The normalized spacial score (nSPS) is 18.7. The molecule has 1 aliphatic carbocycles. The molecule has 28 heavy (non-hydrogen) atoms. The van der Waals surface area contributed by atoms with Gasteiger partial charge in [0, 0.05) is 48.7 Å². The van der Waals surface area contributed by atoms with Gasteiger partial charge >= 0.3 is 0 Å². The highest BCUT2D eigenvalue weighted by Crippen LogP contribution is 2.37. The molecule has 1 aromatic carbocycles. The van der Waals surface area contributed by atoms with Crippen molar-refractivity contribution in [3.8, 4) is 11.1 Å². The summed E-state index contributed by atoms with van der Waals surface area (Å²) in [6.07, 6.45) is 5.50. The van der Waals surface area contributed by atoms with Gasteiger partial charge < -0.3 is 9.84 Å². The average Bonchev–Trinajstić information content (AvgIpc) is 3.00. The molecule has 5 heteroatoms. The van der Waals surface area contributed by atoms with Gasteiger partial charge in [-0.05, 0) is 42.5 Å². The maximum absolute atomic E-state index is 12.4. The van der Waals surface area contributed by atoms with E-state index in [0.29, 0.717) is 26.1 Å². The van der Waals surface area contributed by atoms with E-state index >= 15 is 0 Å². The molecule has 0 amide bonds. The molecule has 1 aromatic heterocycles. The fourth-order valence-electron chi connectivity index (χ4n) is 4.28. The van der Waals surface area contributed by atoms with E-state index in [4.69, 9.17) is 4.74 Å². The van der Waals surface area contributed by atoms with Crippen molar-refractivity contribution < 1.29 is 19.4 Å². The summed E-state index contributed by atoms with van der Waals surface area (Å²) in [5.74, 6) is 0.181. The highest BCUT2D eigenvalue weighted by Gasteiger charge is 2.28. The van der Waals surface area contributed by atoms with Crippen LogP contribution in [0, 0.1) is 0 Å². The number of fused-ring (bicyclic) bond motifs is 2. The fraction of sp³-hybridized carbons (Fsp3) is 0.435. The molecule has 1 atom stereocenters. The van der Waals surface area contributed by atoms with Crippen LogP contribution in [0.25, 0.3) is 11.1 Å². The number of ketones is 2. The Morgan fingerprint density at radius 2 is 2.07 bits per heavy atom. The number of aliphatic hydroxyl groups is 1. The van der Waals surface area contributed by atoms with Gasteiger partial charge in [0.15, 0.2) is 5.78 Å². The first-order valence-electron chi connectivity index (χ1n) is 9.77. The van der Waals surface area contributed by atoms with E-state index in [1.807, 2.05) is 24.5 Å². The number of carbonyl (C=O) groups excluding carboxylic acids is 2. The summed E-state index contributed by atoms with van der Waals surface area (Å²) in [6.45, 7) is 4.26. The zero-order valence-electron chi connectivity index (χ0n) is 16.3. The molecular weight excluding hydrogens is 354 g/mol. The zero-order chi connectivity index (χ0) is 19.9. The first-order valence-corrected chi connectivity index (χ1v) is 9.77. The second-order valence-electron chi connectivity index (χ2n) is 8.49. The summed E-state index contributed by atoms with van der Waals surface area (Å²) in [5, 5.41) is 9.91. The summed E-state index contributed by atoms with van der Waals surface area (Å²) in [4.78, 5) is 28.7. The van der Waals surface area contributed by atoms with Crippen molar-refractivity contribution in [2.45, 2.75) is 57.7 Å². The number of hydrogen-bond donors (Lipinski definition) is 1. The van der Waals surface area contributed by atoms with Crippen molar-refractivity contribution in [1.29, 1.82) is 0 Å². The molecule has 1 aliphatic heterocycles. The minimum Gasteiger partial charge on any atom is -0.390 e. The standard InChI is InChI=1S/C23H25NO4/c1-23(2,27)9-17(25)8-16-12-28-13-21-19(10-24-11-20(16)21)15-3-5-18-14(7-15)4-6-22(18)26/h3,5,7,10-11,16,27H,4,6,8-9,12-13H2,1-2H3. The van der Waals surface area contributed by atoms with Crippen LogP contribution >= 0.6 is 0 Å². The topological polar surface area (TPSA) is 76.5 Å². The largest absolute Gasteiger partial charge is 0.390 e. The summed E-state index contributed by atoms with van der Waals surface area (Å²) < 4.78 is 5.81. The third kappa shape index (κ3) is 3.77. The quantitative estimate of drug-likeness (QED) is 0.859. The van der Waals surface area contributed by atoms with Gasteiger partial charge in [-0.2, -0.15) is 0 Å². The molecule has 2 heterocycles. The number of hydrogen-bond acceptors (Lipinski definition) is 5. The SMILES string of the molecule is CC(C)(O)CC(=O)CC1COCc2c(-c3ccc4c(c3)CCC4=O)cncc21. The number of aryl methyl sites for hydroxylation is 1. The van der Waals surface area contributed by atoms with E-state index in [1.54, 1.807) is 13.8 Å². The van der Waals surface area contributed by atoms with Crippen molar-refractivity contribution in [1.82, 2.24) is 4.98 Å². The van der Waals surface area contributed by atoms with Gasteiger partial charge in [0.2, 0.25) is 0 Å². The van der Waals surface area contributed by atoms with Crippen LogP contribution in [-0.4, -0.2) is 33.9 Å². The number of aromatic nitrogens is 1. The fourth-order valence-corrected chi connectivity index (χ4v) is 4.28. The third-order valence-corrected chi connectivity index (χ3v) is 5.54. The lowest BCUT2D eigenvalue weighted by molar-refractivity contribution is -0.123. The van der Waals surface area contributed by atoms with Gasteiger partial charge in [-0.3, -0.25) is 14.6 Å². The van der Waals surface area contributed by atoms with Crippen LogP contribution in [0.4, 0.5) is 0 Å². The Bertz CT molecular complexity index is 942. The van der Waals surface area contributed by atoms with Crippen molar-refractivity contribution in [3.63, 3.8) is 0 Å². The van der Waals surface area contributed by atoms with Crippen LogP contribution in [-0.2, 0) is 22.6 Å². The number of carbonyl (C=O) groups is 2. The van der Waals surface area contributed by atoms with E-state index < -0.39 is 5.60 Å². The number of ether oxygens (including phenoxy) is 1. The van der Waals surface area contributed by atoms with E-state index in [1.165, 1.54) is 0 Å². The van der Waals surface area contributed by atoms with Gasteiger partial charge in [0.25, 0.3) is 0 Å². The van der Waals surface area contributed by atoms with Gasteiger partial charge in [-0.25, -0.2) is 0 Å². The lowest BCUT2D eigenvalue weighted by Crippen LogP contribution is -2.26. The molecule has 5 nitrogen and oxygen atoms in total. The highest BCUT2D eigenvalue weighted by atomic mass is 16.5. The third-order valence-electron chi connectivity index (χ3n) is 5.54. The Morgan fingerprint density at radius 3 is 2.86 bits per heavy atom. The second-order valence-corrected chi connectivity index (χ2v) is 8.49. The van der Waals surface area contributed by atoms with Crippen molar-refractivity contribution in [3.05, 3.63) is 52.8 Å². The summed E-state index contributed by atoms with van der Waals surface area (Å²) in [5.41, 5.74) is 5.05. The van der Waals surface area contributed by atoms with Crippen molar-refractivity contribution in [2.24, 2.45) is 0 Å². The maximum atomic E-state index is 12.4. The zero-order valence-corrected chi connectivity index (χ0v) is 16.3. The lowest BCUT2D eigenvalue weighted by atomic mass is 9.85. The summed E-state index contributed by atoms with van der Waals surface area (Å²) in [6, 6.07) is 5.97. The average molecular weight is 379 g/mol. The Morgan fingerprint density at radius 1 is 1.25 bits per heavy atom. The minimum atomic E-state index is -1.00. The predicted molar refractivity (Wildman–Crippen MR) is 105 cm³/mol. The second kappa shape index (κ2) is 7.22.